The van der Waals surface area contributed by atoms with Crippen LogP contribution < -0.4 is 0 Å². The van der Waals surface area contributed by atoms with Crippen molar-refractivity contribution in [2.75, 3.05) is 13.1 Å². The highest BCUT2D eigenvalue weighted by molar-refractivity contribution is 5.70. The van der Waals surface area contributed by atoms with Gasteiger partial charge in [0.25, 0.3) is 0 Å². The predicted octanol–water partition coefficient (Wildman–Crippen LogP) is 4.18. The van der Waals surface area contributed by atoms with Gasteiger partial charge >= 0.3 is 12.1 Å². The summed E-state index contributed by atoms with van der Waals surface area (Å²) in [6.07, 6.45) is -1.57. The highest BCUT2D eigenvalue weighted by Crippen LogP contribution is 2.35. The number of furan rings is 1. The van der Waals surface area contributed by atoms with Crippen LogP contribution in [0.2, 0.25) is 0 Å². The molecule has 1 aliphatic rings. The van der Waals surface area contributed by atoms with Gasteiger partial charge in [0.15, 0.2) is 0 Å². The number of nitrogens with zero attached hydrogens (tertiary/aromatic N) is 1. The van der Waals surface area contributed by atoms with E-state index in [4.69, 9.17) is 4.42 Å². The van der Waals surface area contributed by atoms with Crippen LogP contribution in [0.1, 0.15) is 35.8 Å². The summed E-state index contributed by atoms with van der Waals surface area (Å²) in [7, 11) is 0. The molecule has 2 heterocycles. The first-order chi connectivity index (χ1) is 11.9. The minimum Gasteiger partial charge on any atom is -0.481 e. The lowest BCUT2D eigenvalue weighted by Gasteiger charge is -2.36. The number of piperidine rings is 1. The van der Waals surface area contributed by atoms with Crippen LogP contribution in [0.5, 0.6) is 0 Å². The summed E-state index contributed by atoms with van der Waals surface area (Å²) in [5.74, 6) is -0.748. The Hall–Kier alpha value is -2.28. The number of hydrogen-bond acceptors (Lipinski definition) is 3. The van der Waals surface area contributed by atoms with Crippen molar-refractivity contribution in [1.82, 2.24) is 4.90 Å². The van der Waals surface area contributed by atoms with Crippen molar-refractivity contribution in [3.8, 4) is 0 Å². The van der Waals surface area contributed by atoms with E-state index in [1.807, 2.05) is 4.90 Å². The number of rotatable bonds is 4. The van der Waals surface area contributed by atoms with Crippen molar-refractivity contribution in [3.63, 3.8) is 0 Å². The molecular weight excluding hydrogens is 335 g/mol. The van der Waals surface area contributed by atoms with E-state index in [0.717, 1.165) is 18.6 Å². The van der Waals surface area contributed by atoms with Crippen molar-refractivity contribution in [2.45, 2.75) is 25.1 Å². The molecule has 25 heavy (non-hydrogen) atoms. The normalized spacial score (nSPS) is 20.4. The summed E-state index contributed by atoms with van der Waals surface area (Å²) in [5.41, 5.74) is -0.0644. The van der Waals surface area contributed by atoms with E-state index >= 15 is 0 Å². The summed E-state index contributed by atoms with van der Waals surface area (Å²) in [6.45, 7) is 0.998. The number of benzene rings is 1. The second-order valence-electron chi connectivity index (χ2n) is 6.21. The second-order valence-corrected chi connectivity index (χ2v) is 6.21. The molecule has 1 aromatic carbocycles. The van der Waals surface area contributed by atoms with Crippen molar-refractivity contribution < 1.29 is 27.5 Å². The van der Waals surface area contributed by atoms with Crippen LogP contribution in [-0.2, 0) is 11.0 Å². The molecule has 7 heteroatoms. The van der Waals surface area contributed by atoms with Gasteiger partial charge in [-0.2, -0.15) is 13.2 Å². The van der Waals surface area contributed by atoms with Crippen LogP contribution in [0.25, 0.3) is 0 Å². The molecule has 3 rings (SSSR count). The van der Waals surface area contributed by atoms with E-state index in [0.29, 0.717) is 30.8 Å². The Kier molecular flexibility index (Phi) is 4.85. The zero-order chi connectivity index (χ0) is 18.0. The van der Waals surface area contributed by atoms with Gasteiger partial charge < -0.3 is 9.52 Å². The highest BCUT2D eigenvalue weighted by atomic mass is 19.4. The predicted molar refractivity (Wildman–Crippen MR) is 83.9 cm³/mol. The topological polar surface area (TPSA) is 53.7 Å². The Bertz CT molecular complexity index is 710. The molecule has 2 unspecified atom stereocenters. The number of halogens is 3. The molecule has 1 fully saturated rings. The fraction of sp³-hybridized carbons (Fsp3) is 0.389. The lowest BCUT2D eigenvalue weighted by Crippen LogP contribution is -2.41. The monoisotopic (exact) mass is 353 g/mol. The maximum absolute atomic E-state index is 12.8. The van der Waals surface area contributed by atoms with E-state index in [1.165, 1.54) is 18.4 Å². The van der Waals surface area contributed by atoms with Crippen molar-refractivity contribution in [1.29, 1.82) is 0 Å². The molecule has 1 aromatic heterocycles. The van der Waals surface area contributed by atoms with Crippen molar-refractivity contribution in [3.05, 3.63) is 59.5 Å². The number of likely N-dealkylation sites (tertiary alicyclic amines) is 1. The molecule has 0 amide bonds. The van der Waals surface area contributed by atoms with E-state index in [2.05, 4.69) is 0 Å². The molecule has 0 aliphatic carbocycles. The van der Waals surface area contributed by atoms with E-state index in [-0.39, 0.29) is 0 Å². The van der Waals surface area contributed by atoms with Crippen LogP contribution in [0.3, 0.4) is 0 Å². The van der Waals surface area contributed by atoms with Crippen LogP contribution in [0.4, 0.5) is 13.2 Å². The number of hydrogen-bond donors (Lipinski definition) is 1. The first kappa shape index (κ1) is 17.5. The lowest BCUT2D eigenvalue weighted by atomic mass is 9.93. The summed E-state index contributed by atoms with van der Waals surface area (Å²) in [6, 6.07) is 8.02. The van der Waals surface area contributed by atoms with Crippen LogP contribution >= 0.6 is 0 Å². The number of carbonyl (C=O) groups is 1. The maximum Gasteiger partial charge on any atom is 0.416 e. The molecule has 4 nitrogen and oxygen atoms in total. The van der Waals surface area contributed by atoms with Crippen LogP contribution in [0.15, 0.2) is 47.1 Å². The average Bonchev–Trinajstić information content (AvgIpc) is 3.09. The van der Waals surface area contributed by atoms with Gasteiger partial charge in [-0.25, -0.2) is 0 Å². The lowest BCUT2D eigenvalue weighted by molar-refractivity contribution is -0.144. The zero-order valence-electron chi connectivity index (χ0n) is 13.4. The summed E-state index contributed by atoms with van der Waals surface area (Å²) in [4.78, 5) is 13.3. The Morgan fingerprint density at radius 1 is 1.24 bits per heavy atom. The highest BCUT2D eigenvalue weighted by Gasteiger charge is 2.34. The molecule has 2 aromatic rings. The van der Waals surface area contributed by atoms with Gasteiger partial charge in [0, 0.05) is 6.54 Å². The third kappa shape index (κ3) is 3.87. The fourth-order valence-corrected chi connectivity index (χ4v) is 3.30. The van der Waals surface area contributed by atoms with Gasteiger partial charge in [0.05, 0.1) is 23.8 Å². The van der Waals surface area contributed by atoms with Gasteiger partial charge in [0.1, 0.15) is 5.76 Å². The minimum absolute atomic E-state index is 0.335. The Morgan fingerprint density at radius 2 is 1.96 bits per heavy atom. The molecule has 1 N–H and O–H groups in total. The molecule has 2 atom stereocenters. The molecule has 0 radical (unpaired) electrons. The number of carboxylic acids is 1. The second kappa shape index (κ2) is 6.92. The quantitative estimate of drug-likeness (QED) is 0.896. The van der Waals surface area contributed by atoms with Gasteiger partial charge in [-0.15, -0.1) is 0 Å². The van der Waals surface area contributed by atoms with E-state index in [9.17, 15) is 23.1 Å². The molecule has 1 saturated heterocycles. The summed E-state index contributed by atoms with van der Waals surface area (Å²) in [5, 5.41) is 9.29. The van der Waals surface area contributed by atoms with Gasteiger partial charge in [-0.05, 0) is 49.2 Å². The third-order valence-electron chi connectivity index (χ3n) is 4.53. The van der Waals surface area contributed by atoms with Gasteiger partial charge in [0.2, 0.25) is 0 Å². The molecule has 0 saturated carbocycles. The van der Waals surface area contributed by atoms with Gasteiger partial charge in [-0.1, -0.05) is 12.1 Å². The summed E-state index contributed by atoms with van der Waals surface area (Å²) >= 11 is 0. The van der Waals surface area contributed by atoms with E-state index < -0.39 is 29.7 Å². The molecule has 1 aliphatic heterocycles. The maximum atomic E-state index is 12.8. The number of carboxylic acid groups (broad SMARTS) is 1. The van der Waals surface area contributed by atoms with Gasteiger partial charge in [-0.3, -0.25) is 9.69 Å². The molecule has 0 spiro atoms. The SMILES string of the molecule is O=C(O)C1CCCN(C(c2ccc(C(F)(F)F)cc2)c2ccco2)C1. The molecular formula is C18H18F3NO3. The summed E-state index contributed by atoms with van der Waals surface area (Å²) < 4.78 is 43.9. The third-order valence-corrected chi connectivity index (χ3v) is 4.53. The standard InChI is InChI=1S/C18H18F3NO3/c19-18(20,21)14-7-5-12(6-8-14)16(15-4-2-10-25-15)22-9-1-3-13(11-22)17(23)24/h2,4-8,10,13,16H,1,3,9,11H2,(H,23,24). The first-order valence-electron chi connectivity index (χ1n) is 8.03. The first-order valence-corrected chi connectivity index (χ1v) is 8.03. The van der Waals surface area contributed by atoms with Crippen LogP contribution in [0, 0.1) is 5.92 Å². The largest absolute Gasteiger partial charge is 0.481 e. The van der Waals surface area contributed by atoms with Crippen LogP contribution in [-0.4, -0.2) is 29.1 Å². The van der Waals surface area contributed by atoms with Crippen molar-refractivity contribution in [2.24, 2.45) is 5.92 Å². The zero-order valence-corrected chi connectivity index (χ0v) is 13.4. The number of alkyl halides is 3. The Labute approximate surface area is 142 Å². The fourth-order valence-electron chi connectivity index (χ4n) is 3.30. The smallest absolute Gasteiger partial charge is 0.416 e. The Balaban J connectivity index is 1.92. The molecule has 134 valence electrons. The minimum atomic E-state index is -4.39. The average molecular weight is 353 g/mol. The Morgan fingerprint density at radius 3 is 2.52 bits per heavy atom. The number of aliphatic carboxylic acids is 1. The molecule has 0 bridgehead atoms. The van der Waals surface area contributed by atoms with Crippen molar-refractivity contribution >= 4 is 5.97 Å². The van der Waals surface area contributed by atoms with E-state index in [1.54, 1.807) is 12.1 Å².